The minimum Gasteiger partial charge on any atom is -0.480 e. The predicted octanol–water partition coefficient (Wildman–Crippen LogP) is 1.17. The van der Waals surface area contributed by atoms with Crippen LogP contribution in [-0.2, 0) is 16.1 Å². The minimum absolute atomic E-state index is 0.0450. The van der Waals surface area contributed by atoms with E-state index in [1.807, 2.05) is 6.26 Å². The fraction of sp³-hybridized carbons (Fsp3) is 0.545. The number of hydrogen-bond acceptors (Lipinski definition) is 4. The van der Waals surface area contributed by atoms with E-state index in [-0.39, 0.29) is 6.54 Å². The second-order valence-corrected chi connectivity index (χ2v) is 5.39. The number of aromatic nitrogens is 2. The molecule has 0 radical (unpaired) electrons. The summed E-state index contributed by atoms with van der Waals surface area (Å²) < 4.78 is 1.39. The van der Waals surface area contributed by atoms with Crippen molar-refractivity contribution >= 4 is 35.2 Å². The van der Waals surface area contributed by atoms with Crippen LogP contribution in [-0.4, -0.2) is 44.8 Å². The van der Waals surface area contributed by atoms with Gasteiger partial charge in [0.15, 0.2) is 0 Å². The number of hydrogen-bond donors (Lipinski definition) is 2. The van der Waals surface area contributed by atoms with E-state index in [0.717, 1.165) is 0 Å². The summed E-state index contributed by atoms with van der Waals surface area (Å²) in [4.78, 5) is 22.7. The van der Waals surface area contributed by atoms with Gasteiger partial charge in [-0.05, 0) is 25.4 Å². The van der Waals surface area contributed by atoms with Crippen LogP contribution in [0, 0.1) is 6.92 Å². The number of aryl methyl sites for hydroxylation is 1. The number of carbonyl (C=O) groups is 2. The minimum atomic E-state index is -1.03. The number of nitrogens with zero attached hydrogens (tertiary/aromatic N) is 2. The van der Waals surface area contributed by atoms with Crippen LogP contribution in [0.5, 0.6) is 0 Å². The standard InChI is InChI=1S/C11H16ClN3O3S/c1-7-8(12)5-15(14-7)6-10(16)13-9(11(17)18)3-4-19-2/h5,9H,3-4,6H2,1-2H3,(H,13,16)(H,17,18)/t9-/m0/s1. The Bertz CT molecular complexity index is 445. The highest BCUT2D eigenvalue weighted by molar-refractivity contribution is 7.98. The zero-order chi connectivity index (χ0) is 14.4. The molecule has 0 aromatic carbocycles. The zero-order valence-corrected chi connectivity index (χ0v) is 12.3. The average molecular weight is 306 g/mol. The van der Waals surface area contributed by atoms with E-state index in [4.69, 9.17) is 16.7 Å². The number of halogens is 1. The number of thioether (sulfide) groups is 1. The van der Waals surface area contributed by atoms with Gasteiger partial charge in [-0.2, -0.15) is 16.9 Å². The third kappa shape index (κ3) is 5.12. The lowest BCUT2D eigenvalue weighted by molar-refractivity contribution is -0.142. The van der Waals surface area contributed by atoms with Crippen LogP contribution < -0.4 is 5.32 Å². The molecule has 19 heavy (non-hydrogen) atoms. The molecule has 1 rings (SSSR count). The number of nitrogens with one attached hydrogen (secondary N) is 1. The van der Waals surface area contributed by atoms with E-state index in [2.05, 4.69) is 10.4 Å². The molecule has 1 aromatic heterocycles. The number of carbonyl (C=O) groups excluding carboxylic acids is 1. The highest BCUT2D eigenvalue weighted by atomic mass is 35.5. The SMILES string of the molecule is CSCC[C@H](NC(=O)Cn1cc(Cl)c(C)n1)C(=O)O. The van der Waals surface area contributed by atoms with Crippen LogP contribution in [0.4, 0.5) is 0 Å². The molecule has 0 aliphatic carbocycles. The van der Waals surface area contributed by atoms with Gasteiger partial charge in [0.25, 0.3) is 0 Å². The van der Waals surface area contributed by atoms with Gasteiger partial charge < -0.3 is 10.4 Å². The molecule has 6 nitrogen and oxygen atoms in total. The Hall–Kier alpha value is -1.21. The Morgan fingerprint density at radius 1 is 1.63 bits per heavy atom. The molecule has 106 valence electrons. The second-order valence-electron chi connectivity index (χ2n) is 4.00. The smallest absolute Gasteiger partial charge is 0.326 e. The van der Waals surface area contributed by atoms with Gasteiger partial charge in [-0.1, -0.05) is 11.6 Å². The maximum Gasteiger partial charge on any atom is 0.326 e. The fourth-order valence-corrected chi connectivity index (χ4v) is 2.08. The lowest BCUT2D eigenvalue weighted by Crippen LogP contribution is -2.42. The van der Waals surface area contributed by atoms with Gasteiger partial charge >= 0.3 is 5.97 Å². The topological polar surface area (TPSA) is 84.2 Å². The Balaban J connectivity index is 2.54. The lowest BCUT2D eigenvalue weighted by atomic mass is 10.2. The Morgan fingerprint density at radius 3 is 2.79 bits per heavy atom. The van der Waals surface area contributed by atoms with E-state index < -0.39 is 17.9 Å². The molecule has 0 fully saturated rings. The van der Waals surface area contributed by atoms with Gasteiger partial charge in [0, 0.05) is 6.20 Å². The second kappa shape index (κ2) is 7.40. The highest BCUT2D eigenvalue weighted by Crippen LogP contribution is 2.11. The highest BCUT2D eigenvalue weighted by Gasteiger charge is 2.19. The maximum atomic E-state index is 11.7. The van der Waals surface area contributed by atoms with Gasteiger partial charge in [-0.25, -0.2) is 4.79 Å². The van der Waals surface area contributed by atoms with Crippen molar-refractivity contribution in [3.63, 3.8) is 0 Å². The van der Waals surface area contributed by atoms with Crippen LogP contribution in [0.2, 0.25) is 5.02 Å². The third-order valence-corrected chi connectivity index (χ3v) is 3.45. The molecule has 0 saturated carbocycles. The van der Waals surface area contributed by atoms with Crippen LogP contribution in [0.15, 0.2) is 6.20 Å². The van der Waals surface area contributed by atoms with Crippen molar-refractivity contribution in [3.05, 3.63) is 16.9 Å². The van der Waals surface area contributed by atoms with Crippen LogP contribution in [0.3, 0.4) is 0 Å². The fourth-order valence-electron chi connectivity index (χ4n) is 1.45. The Morgan fingerprint density at radius 2 is 2.32 bits per heavy atom. The molecule has 1 heterocycles. The van der Waals surface area contributed by atoms with E-state index in [9.17, 15) is 9.59 Å². The average Bonchev–Trinajstić information content (AvgIpc) is 2.63. The number of rotatable bonds is 7. The summed E-state index contributed by atoms with van der Waals surface area (Å²) in [6.07, 6.45) is 3.81. The van der Waals surface area contributed by atoms with Crippen molar-refractivity contribution in [1.82, 2.24) is 15.1 Å². The third-order valence-electron chi connectivity index (χ3n) is 2.44. The first-order chi connectivity index (χ1) is 8.93. The van der Waals surface area contributed by atoms with Gasteiger partial charge in [0.05, 0.1) is 10.7 Å². The maximum absolute atomic E-state index is 11.7. The van der Waals surface area contributed by atoms with Crippen molar-refractivity contribution in [3.8, 4) is 0 Å². The molecule has 8 heteroatoms. The summed E-state index contributed by atoms with van der Waals surface area (Å²) in [7, 11) is 0. The van der Waals surface area contributed by atoms with Crippen molar-refractivity contribution in [1.29, 1.82) is 0 Å². The first-order valence-corrected chi connectivity index (χ1v) is 7.42. The molecule has 0 spiro atoms. The van der Waals surface area contributed by atoms with Crippen LogP contribution in [0.25, 0.3) is 0 Å². The van der Waals surface area contributed by atoms with Gasteiger partial charge in [-0.3, -0.25) is 9.48 Å². The van der Waals surface area contributed by atoms with Crippen LogP contribution in [0.1, 0.15) is 12.1 Å². The van der Waals surface area contributed by atoms with Crippen molar-refractivity contribution in [2.75, 3.05) is 12.0 Å². The molecule has 0 unspecified atom stereocenters. The molecule has 1 aromatic rings. The number of carboxylic acids is 1. The van der Waals surface area contributed by atoms with E-state index in [1.54, 1.807) is 6.92 Å². The Kier molecular flexibility index (Phi) is 6.17. The molecule has 0 aliphatic heterocycles. The van der Waals surface area contributed by atoms with Gasteiger partial charge in [-0.15, -0.1) is 0 Å². The number of carboxylic acid groups (broad SMARTS) is 1. The summed E-state index contributed by atoms with van der Waals surface area (Å²) in [5.41, 5.74) is 0.631. The van der Waals surface area contributed by atoms with Crippen molar-refractivity contribution in [2.24, 2.45) is 0 Å². The zero-order valence-electron chi connectivity index (χ0n) is 10.7. The summed E-state index contributed by atoms with van der Waals surface area (Å²) in [6, 6.07) is -0.868. The van der Waals surface area contributed by atoms with Crippen molar-refractivity contribution in [2.45, 2.75) is 25.9 Å². The first-order valence-electron chi connectivity index (χ1n) is 5.64. The molecule has 1 amide bonds. The molecular formula is C11H16ClN3O3S. The largest absolute Gasteiger partial charge is 0.480 e. The summed E-state index contributed by atoms with van der Waals surface area (Å²) >= 11 is 7.36. The van der Waals surface area contributed by atoms with Crippen LogP contribution >= 0.6 is 23.4 Å². The Labute approximate surface area is 120 Å². The molecular weight excluding hydrogens is 290 g/mol. The quantitative estimate of drug-likeness (QED) is 0.790. The summed E-state index contributed by atoms with van der Waals surface area (Å²) in [6.45, 7) is 1.69. The van der Waals surface area contributed by atoms with E-state index in [0.29, 0.717) is 22.9 Å². The summed E-state index contributed by atoms with van der Waals surface area (Å²) in [5, 5.41) is 16.0. The molecule has 0 saturated heterocycles. The monoisotopic (exact) mass is 305 g/mol. The van der Waals surface area contributed by atoms with Gasteiger partial charge in [0.2, 0.25) is 5.91 Å². The summed E-state index contributed by atoms with van der Waals surface area (Å²) in [5.74, 6) is -0.756. The first kappa shape index (κ1) is 15.8. The molecule has 1 atom stereocenters. The van der Waals surface area contributed by atoms with Crippen molar-refractivity contribution < 1.29 is 14.7 Å². The molecule has 0 aliphatic rings. The predicted molar refractivity (Wildman–Crippen MR) is 74.5 cm³/mol. The molecule has 2 N–H and O–H groups in total. The van der Waals surface area contributed by atoms with Gasteiger partial charge in [0.1, 0.15) is 12.6 Å². The number of amides is 1. The molecule has 0 bridgehead atoms. The van der Waals surface area contributed by atoms with E-state index >= 15 is 0 Å². The normalized spacial score (nSPS) is 12.2. The number of aliphatic carboxylic acids is 1. The van der Waals surface area contributed by atoms with E-state index in [1.165, 1.54) is 22.6 Å². The lowest BCUT2D eigenvalue weighted by Gasteiger charge is -2.13.